The first-order chi connectivity index (χ1) is 15.1. The molecule has 6 heteroatoms. The summed E-state index contributed by atoms with van der Waals surface area (Å²) in [5.74, 6) is 0.528. The van der Waals surface area contributed by atoms with Gasteiger partial charge in [0.1, 0.15) is 12.0 Å². The molecule has 0 unspecified atom stereocenters. The fourth-order valence-corrected chi connectivity index (χ4v) is 5.74. The number of amides is 2. The summed E-state index contributed by atoms with van der Waals surface area (Å²) in [4.78, 5) is 50.8. The molecule has 1 saturated heterocycles. The second kappa shape index (κ2) is 6.48. The zero-order valence-corrected chi connectivity index (χ0v) is 16.5. The van der Waals surface area contributed by atoms with Gasteiger partial charge in [0.05, 0.1) is 23.1 Å². The molecule has 5 aliphatic rings. The molecule has 0 aromatic heterocycles. The highest BCUT2D eigenvalue weighted by Crippen LogP contribution is 2.65. The van der Waals surface area contributed by atoms with Crippen molar-refractivity contribution in [2.24, 2.45) is 35.5 Å². The number of ether oxygens (including phenoxy) is 1. The van der Waals surface area contributed by atoms with Crippen LogP contribution < -0.4 is 9.64 Å². The van der Waals surface area contributed by atoms with Gasteiger partial charge in [-0.1, -0.05) is 12.2 Å². The van der Waals surface area contributed by atoms with Crippen molar-refractivity contribution in [3.05, 3.63) is 71.8 Å². The van der Waals surface area contributed by atoms with Crippen molar-refractivity contribution in [1.29, 1.82) is 0 Å². The highest BCUT2D eigenvalue weighted by atomic mass is 16.5. The fourth-order valence-electron chi connectivity index (χ4n) is 5.74. The molecule has 2 aromatic rings. The van der Waals surface area contributed by atoms with E-state index in [1.165, 1.54) is 4.90 Å². The maximum absolute atomic E-state index is 13.2. The van der Waals surface area contributed by atoms with Gasteiger partial charge in [-0.2, -0.15) is 0 Å². The summed E-state index contributed by atoms with van der Waals surface area (Å²) in [6.45, 7) is 0. The van der Waals surface area contributed by atoms with Gasteiger partial charge in [0.25, 0.3) is 0 Å². The molecule has 2 aromatic carbocycles. The third-order valence-corrected chi connectivity index (χ3v) is 7.25. The molecule has 6 atom stereocenters. The summed E-state index contributed by atoms with van der Waals surface area (Å²) in [6, 6.07) is 12.6. The molecule has 31 heavy (non-hydrogen) atoms. The monoisotopic (exact) mass is 413 g/mol. The number of nitrogens with zero attached hydrogens (tertiary/aromatic N) is 1. The van der Waals surface area contributed by atoms with Crippen molar-refractivity contribution >= 4 is 29.8 Å². The lowest BCUT2D eigenvalue weighted by atomic mass is 9.63. The molecule has 0 N–H and O–H groups in total. The average molecular weight is 413 g/mol. The maximum Gasteiger partial charge on any atom is 0.343 e. The summed E-state index contributed by atoms with van der Waals surface area (Å²) in [5.41, 5.74) is 1.29. The summed E-state index contributed by atoms with van der Waals surface area (Å²) in [6.07, 6.45) is 6.14. The van der Waals surface area contributed by atoms with Crippen LogP contribution in [-0.4, -0.2) is 24.1 Å². The molecule has 2 saturated carbocycles. The van der Waals surface area contributed by atoms with Crippen LogP contribution in [0.25, 0.3) is 0 Å². The topological polar surface area (TPSA) is 80.8 Å². The maximum atomic E-state index is 13.2. The van der Waals surface area contributed by atoms with Crippen molar-refractivity contribution in [2.75, 3.05) is 4.90 Å². The fraction of sp³-hybridized carbons (Fsp3) is 0.280. The zero-order valence-electron chi connectivity index (χ0n) is 16.5. The van der Waals surface area contributed by atoms with Crippen LogP contribution in [0.2, 0.25) is 0 Å². The van der Waals surface area contributed by atoms with Crippen molar-refractivity contribution < 1.29 is 23.9 Å². The highest BCUT2D eigenvalue weighted by molar-refractivity contribution is 6.22. The smallest absolute Gasteiger partial charge is 0.343 e. The van der Waals surface area contributed by atoms with Gasteiger partial charge < -0.3 is 4.74 Å². The molecular formula is C25H19NO5. The van der Waals surface area contributed by atoms with Gasteiger partial charge in [-0.3, -0.25) is 19.3 Å². The summed E-state index contributed by atoms with van der Waals surface area (Å²) < 4.78 is 5.33. The van der Waals surface area contributed by atoms with Crippen LogP contribution in [0.3, 0.4) is 0 Å². The van der Waals surface area contributed by atoms with E-state index in [1.54, 1.807) is 48.5 Å². The number of allylic oxidation sites excluding steroid dienone is 2. The second-order valence-electron chi connectivity index (χ2n) is 8.79. The van der Waals surface area contributed by atoms with Crippen LogP contribution in [-0.2, 0) is 9.59 Å². The molecule has 1 aliphatic heterocycles. The van der Waals surface area contributed by atoms with Gasteiger partial charge >= 0.3 is 5.97 Å². The number of aldehydes is 1. The number of imide groups is 1. The van der Waals surface area contributed by atoms with Gasteiger partial charge in [-0.25, -0.2) is 4.79 Å². The van der Waals surface area contributed by atoms with Crippen molar-refractivity contribution in [3.8, 4) is 5.75 Å². The zero-order chi connectivity index (χ0) is 21.3. The Morgan fingerprint density at radius 2 is 1.45 bits per heavy atom. The number of carbonyl (C=O) groups is 4. The summed E-state index contributed by atoms with van der Waals surface area (Å²) >= 11 is 0. The predicted octanol–water partition coefficient (Wildman–Crippen LogP) is 3.28. The van der Waals surface area contributed by atoms with E-state index < -0.39 is 5.97 Å². The molecule has 3 fully saturated rings. The van der Waals surface area contributed by atoms with Gasteiger partial charge in [0.2, 0.25) is 11.8 Å². The number of carbonyl (C=O) groups excluding carboxylic acids is 4. The van der Waals surface area contributed by atoms with Crippen LogP contribution in [0.4, 0.5) is 5.69 Å². The first-order valence-electron chi connectivity index (χ1n) is 10.5. The Kier molecular flexibility index (Phi) is 3.81. The van der Waals surface area contributed by atoms with E-state index in [4.69, 9.17) is 4.74 Å². The summed E-state index contributed by atoms with van der Waals surface area (Å²) in [7, 11) is 0. The van der Waals surface area contributed by atoms with E-state index in [0.717, 1.165) is 6.42 Å². The van der Waals surface area contributed by atoms with E-state index in [9.17, 15) is 19.2 Å². The third kappa shape index (κ3) is 2.64. The van der Waals surface area contributed by atoms with Crippen LogP contribution in [0.1, 0.15) is 27.1 Å². The molecule has 0 spiro atoms. The molecule has 4 aliphatic carbocycles. The van der Waals surface area contributed by atoms with Gasteiger partial charge in [0.15, 0.2) is 0 Å². The number of anilines is 1. The lowest BCUT2D eigenvalue weighted by molar-refractivity contribution is -0.124. The molecule has 6 nitrogen and oxygen atoms in total. The Morgan fingerprint density at radius 1 is 0.871 bits per heavy atom. The lowest BCUT2D eigenvalue weighted by Crippen LogP contribution is -2.40. The van der Waals surface area contributed by atoms with E-state index >= 15 is 0 Å². The van der Waals surface area contributed by atoms with Crippen molar-refractivity contribution in [3.63, 3.8) is 0 Å². The van der Waals surface area contributed by atoms with Gasteiger partial charge in [-0.05, 0) is 78.6 Å². The number of rotatable bonds is 4. The molecule has 0 radical (unpaired) electrons. The lowest BCUT2D eigenvalue weighted by Gasteiger charge is -2.37. The highest BCUT2D eigenvalue weighted by Gasteiger charge is 2.67. The molecular weight excluding hydrogens is 394 g/mol. The van der Waals surface area contributed by atoms with Crippen LogP contribution in [0.5, 0.6) is 5.75 Å². The Labute approximate surface area is 178 Å². The minimum absolute atomic E-state index is 0.120. The van der Waals surface area contributed by atoms with Crippen molar-refractivity contribution in [1.82, 2.24) is 0 Å². The third-order valence-electron chi connectivity index (χ3n) is 7.25. The average Bonchev–Trinajstić information content (AvgIpc) is 3.58. The molecule has 154 valence electrons. The number of hydrogen-bond donors (Lipinski definition) is 0. The van der Waals surface area contributed by atoms with E-state index in [0.29, 0.717) is 40.7 Å². The number of benzene rings is 2. The first kappa shape index (κ1) is 18.2. The van der Waals surface area contributed by atoms with E-state index in [-0.39, 0.29) is 35.5 Å². The van der Waals surface area contributed by atoms with Gasteiger partial charge in [-0.15, -0.1) is 0 Å². The normalized spacial score (nSPS) is 31.9. The minimum atomic E-state index is -0.555. The van der Waals surface area contributed by atoms with E-state index in [2.05, 4.69) is 12.2 Å². The largest absolute Gasteiger partial charge is 0.423 e. The molecule has 7 rings (SSSR count). The predicted molar refractivity (Wildman–Crippen MR) is 110 cm³/mol. The van der Waals surface area contributed by atoms with Gasteiger partial charge in [0, 0.05) is 5.56 Å². The SMILES string of the molecule is O=Cc1ccc(OC(=O)c2ccc(N3C(=O)[C@@H]4[C@H]5C=C[C@@H]([C@@H]6C[C@@H]56)[C@@H]4C3=O)cc2)cc1. The Bertz CT molecular complexity index is 1110. The molecule has 2 bridgehead atoms. The van der Waals surface area contributed by atoms with Crippen LogP contribution in [0.15, 0.2) is 60.7 Å². The standard InChI is InChI=1S/C25H19NO5/c27-12-13-1-7-16(8-2-13)31-25(30)14-3-5-15(6-4-14)26-23(28)21-17-9-10-18(20-11-19(17)20)22(21)24(26)29/h1-10,12,17-22H,11H2/t17-,18-,19-,20-,21-,22+/m0/s1. The van der Waals surface area contributed by atoms with Crippen LogP contribution in [0, 0.1) is 35.5 Å². The molecule has 2 amide bonds. The Morgan fingerprint density at radius 3 is 2.00 bits per heavy atom. The number of hydrogen-bond acceptors (Lipinski definition) is 5. The van der Waals surface area contributed by atoms with Crippen molar-refractivity contribution in [2.45, 2.75) is 6.42 Å². The van der Waals surface area contributed by atoms with Crippen LogP contribution >= 0.6 is 0 Å². The summed E-state index contributed by atoms with van der Waals surface area (Å²) in [5, 5.41) is 0. The minimum Gasteiger partial charge on any atom is -0.423 e. The Hall–Kier alpha value is -3.54. The molecule has 1 heterocycles. The quantitative estimate of drug-likeness (QED) is 0.253. The number of esters is 1. The first-order valence-corrected chi connectivity index (χ1v) is 10.5. The van der Waals surface area contributed by atoms with E-state index in [1.807, 2.05) is 0 Å². The Balaban J connectivity index is 1.21. The second-order valence-corrected chi connectivity index (χ2v) is 8.79.